The normalized spacial score (nSPS) is 10.6. The molecule has 0 N–H and O–H groups in total. The Hall–Kier alpha value is -1.58. The first kappa shape index (κ1) is 12.5. The molecule has 0 spiro atoms. The van der Waals surface area contributed by atoms with Crippen LogP contribution in [0.1, 0.15) is 0 Å². The van der Waals surface area contributed by atoms with Gasteiger partial charge in [0.2, 0.25) is 0 Å². The van der Waals surface area contributed by atoms with Crippen LogP contribution in [0.5, 0.6) is 0 Å². The quantitative estimate of drug-likeness (QED) is 0.648. The number of halogens is 2. The number of benzene rings is 2. The number of rotatable bonds is 2. The Balaban J connectivity index is 2.08. The first-order chi connectivity index (χ1) is 9.24. The molecule has 0 aliphatic carbocycles. The summed E-state index contributed by atoms with van der Waals surface area (Å²) in [6, 6.07) is 19.7. The van der Waals surface area contributed by atoms with Crippen LogP contribution in [0.3, 0.4) is 0 Å². The molecule has 0 saturated carbocycles. The standard InChI is InChI=1S/C15H10BrClN2/c16-12-7-4-8-13(9-12)19-15(17)10-14(18-19)11-5-2-1-3-6-11/h1-10H. The van der Waals surface area contributed by atoms with Crippen molar-refractivity contribution in [2.45, 2.75) is 0 Å². The van der Waals surface area contributed by atoms with Gasteiger partial charge in [-0.25, -0.2) is 4.68 Å². The van der Waals surface area contributed by atoms with Gasteiger partial charge in [0.15, 0.2) is 0 Å². The minimum atomic E-state index is 0.594. The Morgan fingerprint density at radius 1 is 0.947 bits per heavy atom. The summed E-state index contributed by atoms with van der Waals surface area (Å²) < 4.78 is 2.73. The molecule has 94 valence electrons. The molecule has 0 bridgehead atoms. The lowest BCUT2D eigenvalue weighted by Crippen LogP contribution is -1.96. The van der Waals surface area contributed by atoms with Crippen LogP contribution < -0.4 is 0 Å². The Morgan fingerprint density at radius 2 is 1.74 bits per heavy atom. The zero-order valence-corrected chi connectivity index (χ0v) is 12.3. The van der Waals surface area contributed by atoms with Crippen LogP contribution >= 0.6 is 27.5 Å². The van der Waals surface area contributed by atoms with Crippen LogP contribution in [0.2, 0.25) is 5.15 Å². The van der Waals surface area contributed by atoms with Crippen molar-refractivity contribution >= 4 is 27.5 Å². The van der Waals surface area contributed by atoms with Crippen molar-refractivity contribution in [2.24, 2.45) is 0 Å². The molecule has 0 amide bonds. The zero-order chi connectivity index (χ0) is 13.2. The van der Waals surface area contributed by atoms with Gasteiger partial charge in [0.05, 0.1) is 11.4 Å². The molecule has 2 aromatic carbocycles. The molecule has 0 fully saturated rings. The summed E-state index contributed by atoms with van der Waals surface area (Å²) in [4.78, 5) is 0. The van der Waals surface area contributed by atoms with Crippen LogP contribution in [0.4, 0.5) is 0 Å². The van der Waals surface area contributed by atoms with Crippen molar-refractivity contribution < 1.29 is 0 Å². The first-order valence-corrected chi connectivity index (χ1v) is 6.98. The summed E-state index contributed by atoms with van der Waals surface area (Å²) in [6.07, 6.45) is 0. The summed E-state index contributed by atoms with van der Waals surface area (Å²) in [5.74, 6) is 0. The van der Waals surface area contributed by atoms with Gasteiger partial charge in [-0.05, 0) is 18.2 Å². The van der Waals surface area contributed by atoms with Crippen molar-refractivity contribution in [1.82, 2.24) is 9.78 Å². The van der Waals surface area contributed by atoms with Crippen LogP contribution in [-0.4, -0.2) is 9.78 Å². The number of hydrogen-bond donors (Lipinski definition) is 0. The van der Waals surface area contributed by atoms with E-state index >= 15 is 0 Å². The van der Waals surface area contributed by atoms with Gasteiger partial charge in [0.1, 0.15) is 5.15 Å². The lowest BCUT2D eigenvalue weighted by molar-refractivity contribution is 0.884. The van der Waals surface area contributed by atoms with E-state index in [1.807, 2.05) is 60.7 Å². The van der Waals surface area contributed by atoms with Gasteiger partial charge in [-0.3, -0.25) is 0 Å². The zero-order valence-electron chi connectivity index (χ0n) is 9.92. The smallest absolute Gasteiger partial charge is 0.133 e. The van der Waals surface area contributed by atoms with Gasteiger partial charge in [-0.1, -0.05) is 63.9 Å². The minimum absolute atomic E-state index is 0.594. The first-order valence-electron chi connectivity index (χ1n) is 5.81. The molecule has 3 rings (SSSR count). The number of hydrogen-bond acceptors (Lipinski definition) is 1. The van der Waals surface area contributed by atoms with Gasteiger partial charge < -0.3 is 0 Å². The average Bonchev–Trinajstić information content (AvgIpc) is 2.82. The van der Waals surface area contributed by atoms with Crippen molar-refractivity contribution in [2.75, 3.05) is 0 Å². The predicted octanol–water partition coefficient (Wildman–Crippen LogP) is 4.96. The van der Waals surface area contributed by atoms with Gasteiger partial charge >= 0.3 is 0 Å². The van der Waals surface area contributed by atoms with E-state index < -0.39 is 0 Å². The highest BCUT2D eigenvalue weighted by Crippen LogP contribution is 2.25. The Morgan fingerprint density at radius 3 is 2.47 bits per heavy atom. The van der Waals surface area contributed by atoms with Gasteiger partial charge in [-0.15, -0.1) is 0 Å². The van der Waals surface area contributed by atoms with E-state index in [-0.39, 0.29) is 0 Å². The highest BCUT2D eigenvalue weighted by atomic mass is 79.9. The highest BCUT2D eigenvalue weighted by Gasteiger charge is 2.09. The second-order valence-electron chi connectivity index (χ2n) is 4.11. The van der Waals surface area contributed by atoms with Crippen molar-refractivity contribution in [3.63, 3.8) is 0 Å². The molecular formula is C15H10BrClN2. The third-order valence-corrected chi connectivity index (χ3v) is 3.55. The fraction of sp³-hybridized carbons (Fsp3) is 0. The molecule has 0 atom stereocenters. The van der Waals surface area contributed by atoms with Crippen LogP contribution in [-0.2, 0) is 0 Å². The lowest BCUT2D eigenvalue weighted by Gasteiger charge is -2.03. The second-order valence-corrected chi connectivity index (χ2v) is 5.41. The monoisotopic (exact) mass is 332 g/mol. The molecule has 2 nitrogen and oxygen atoms in total. The van der Waals surface area contributed by atoms with Gasteiger partial charge in [0, 0.05) is 16.1 Å². The van der Waals surface area contributed by atoms with Crippen molar-refractivity contribution in [3.05, 3.63) is 70.3 Å². The molecule has 0 saturated heterocycles. The molecule has 0 aliphatic heterocycles. The maximum atomic E-state index is 6.27. The summed E-state index contributed by atoms with van der Waals surface area (Å²) in [6.45, 7) is 0. The van der Waals surface area contributed by atoms with E-state index in [1.54, 1.807) is 4.68 Å². The Kier molecular flexibility index (Phi) is 3.40. The minimum Gasteiger partial charge on any atom is -0.222 e. The number of aromatic nitrogens is 2. The maximum absolute atomic E-state index is 6.27. The fourth-order valence-electron chi connectivity index (χ4n) is 1.90. The SMILES string of the molecule is Clc1cc(-c2ccccc2)nn1-c1cccc(Br)c1. The number of nitrogens with zero attached hydrogens (tertiary/aromatic N) is 2. The van der Waals surface area contributed by atoms with Crippen LogP contribution in [0.25, 0.3) is 16.9 Å². The summed E-state index contributed by atoms with van der Waals surface area (Å²) in [7, 11) is 0. The van der Waals surface area contributed by atoms with E-state index in [0.717, 1.165) is 21.4 Å². The lowest BCUT2D eigenvalue weighted by atomic mass is 10.2. The molecular weight excluding hydrogens is 324 g/mol. The molecule has 0 aliphatic rings. The van der Waals surface area contributed by atoms with Crippen LogP contribution in [0.15, 0.2) is 65.1 Å². The highest BCUT2D eigenvalue weighted by molar-refractivity contribution is 9.10. The summed E-state index contributed by atoms with van der Waals surface area (Å²) in [5, 5.41) is 5.15. The molecule has 3 aromatic rings. The molecule has 19 heavy (non-hydrogen) atoms. The Labute approximate surface area is 124 Å². The third-order valence-electron chi connectivity index (χ3n) is 2.79. The van der Waals surface area contributed by atoms with E-state index in [1.165, 1.54) is 0 Å². The van der Waals surface area contributed by atoms with E-state index in [9.17, 15) is 0 Å². The predicted molar refractivity (Wildman–Crippen MR) is 81.7 cm³/mol. The van der Waals surface area contributed by atoms with Gasteiger partial charge in [-0.2, -0.15) is 5.10 Å². The summed E-state index contributed by atoms with van der Waals surface area (Å²) >= 11 is 9.72. The Bertz CT molecular complexity index is 707. The van der Waals surface area contributed by atoms with E-state index in [4.69, 9.17) is 11.6 Å². The third kappa shape index (κ3) is 2.57. The van der Waals surface area contributed by atoms with Crippen LogP contribution in [0, 0.1) is 0 Å². The molecule has 0 unspecified atom stereocenters. The van der Waals surface area contributed by atoms with Crippen molar-refractivity contribution in [1.29, 1.82) is 0 Å². The molecule has 4 heteroatoms. The molecule has 0 radical (unpaired) electrons. The van der Waals surface area contributed by atoms with E-state index in [2.05, 4.69) is 21.0 Å². The topological polar surface area (TPSA) is 17.8 Å². The average molecular weight is 334 g/mol. The van der Waals surface area contributed by atoms with Gasteiger partial charge in [0.25, 0.3) is 0 Å². The second kappa shape index (κ2) is 5.19. The maximum Gasteiger partial charge on any atom is 0.133 e. The fourth-order valence-corrected chi connectivity index (χ4v) is 2.52. The van der Waals surface area contributed by atoms with E-state index in [0.29, 0.717) is 5.15 Å². The largest absolute Gasteiger partial charge is 0.222 e. The molecule has 1 heterocycles. The molecule has 1 aromatic heterocycles. The van der Waals surface area contributed by atoms with Crippen molar-refractivity contribution in [3.8, 4) is 16.9 Å². The summed E-state index contributed by atoms with van der Waals surface area (Å²) in [5.41, 5.74) is 2.85.